The van der Waals surface area contributed by atoms with Gasteiger partial charge < -0.3 is 0 Å². The van der Waals surface area contributed by atoms with Crippen LogP contribution in [0.1, 0.15) is 25.3 Å². The lowest BCUT2D eigenvalue weighted by Crippen LogP contribution is -2.16. The van der Waals surface area contributed by atoms with Crippen molar-refractivity contribution < 1.29 is 16.8 Å². The van der Waals surface area contributed by atoms with Crippen LogP contribution in [0.25, 0.3) is 11.3 Å². The van der Waals surface area contributed by atoms with Gasteiger partial charge in [0.25, 0.3) is 10.0 Å². The summed E-state index contributed by atoms with van der Waals surface area (Å²) < 4.78 is 53.1. The molecule has 0 aliphatic carbocycles. The molecule has 3 rings (SSSR count). The predicted octanol–water partition coefficient (Wildman–Crippen LogP) is 2.20. The van der Waals surface area contributed by atoms with Gasteiger partial charge >= 0.3 is 0 Å². The van der Waals surface area contributed by atoms with E-state index in [1.165, 1.54) is 23.1 Å². The summed E-state index contributed by atoms with van der Waals surface area (Å²) in [6.07, 6.45) is 3.50. The zero-order chi connectivity index (χ0) is 21.4. The molecular weight excluding hydrogens is 414 g/mol. The quantitative estimate of drug-likeness (QED) is 0.589. The number of aryl methyl sites for hydroxylation is 1. The smallest absolute Gasteiger partial charge is 0.267 e. The van der Waals surface area contributed by atoms with Crippen LogP contribution in [0, 0.1) is 0 Å². The number of rotatable bonds is 6. The summed E-state index contributed by atoms with van der Waals surface area (Å²) in [5.74, 6) is -0.177. The third-order valence-electron chi connectivity index (χ3n) is 4.16. The van der Waals surface area contributed by atoms with Gasteiger partial charge in [0.15, 0.2) is 14.9 Å². The van der Waals surface area contributed by atoms with Gasteiger partial charge in [-0.15, -0.1) is 0 Å². The molecular formula is C18H21N5O4S2. The normalized spacial score (nSPS) is 12.3. The number of hydrogen-bond donors (Lipinski definition) is 1. The summed E-state index contributed by atoms with van der Waals surface area (Å²) in [5.41, 5.74) is 1.97. The van der Waals surface area contributed by atoms with Gasteiger partial charge in [0, 0.05) is 31.1 Å². The van der Waals surface area contributed by atoms with Gasteiger partial charge in [0.2, 0.25) is 5.95 Å². The zero-order valence-electron chi connectivity index (χ0n) is 16.4. The highest BCUT2D eigenvalue weighted by Gasteiger charge is 2.21. The Morgan fingerprint density at radius 3 is 2.34 bits per heavy atom. The maximum Gasteiger partial charge on any atom is 0.267 e. The molecule has 0 bridgehead atoms. The number of sulfonamides is 1. The van der Waals surface area contributed by atoms with Crippen LogP contribution < -0.4 is 4.72 Å². The van der Waals surface area contributed by atoms with Crippen molar-refractivity contribution in [2.45, 2.75) is 29.7 Å². The molecule has 0 unspecified atom stereocenters. The molecule has 2 aromatic heterocycles. The second-order valence-corrected chi connectivity index (χ2v) is 10.5. The molecule has 154 valence electrons. The van der Waals surface area contributed by atoms with Crippen LogP contribution in [0.3, 0.4) is 0 Å². The molecule has 1 N–H and O–H groups in total. The van der Waals surface area contributed by atoms with Gasteiger partial charge in [-0.3, -0.25) is 4.68 Å². The highest BCUT2D eigenvalue weighted by molar-refractivity contribution is 7.92. The topological polar surface area (TPSA) is 124 Å². The largest absolute Gasteiger partial charge is 0.274 e. The van der Waals surface area contributed by atoms with E-state index in [-0.39, 0.29) is 21.8 Å². The Morgan fingerprint density at radius 2 is 1.76 bits per heavy atom. The average molecular weight is 436 g/mol. The Kier molecular flexibility index (Phi) is 5.46. The van der Waals surface area contributed by atoms with E-state index in [9.17, 15) is 16.8 Å². The summed E-state index contributed by atoms with van der Waals surface area (Å²) in [5, 5.41) is 3.57. The lowest BCUT2D eigenvalue weighted by Gasteiger charge is -2.14. The number of sulfone groups is 1. The Labute approximate surface area is 169 Å². The van der Waals surface area contributed by atoms with Crippen LogP contribution in [-0.4, -0.2) is 42.8 Å². The Bertz CT molecular complexity index is 1260. The van der Waals surface area contributed by atoms with Crippen LogP contribution in [0.15, 0.2) is 52.6 Å². The van der Waals surface area contributed by atoms with Crippen molar-refractivity contribution >= 4 is 25.8 Å². The lowest BCUT2D eigenvalue weighted by molar-refractivity contribution is 0.595. The van der Waals surface area contributed by atoms with Crippen molar-refractivity contribution in [3.63, 3.8) is 0 Å². The second kappa shape index (κ2) is 7.56. The minimum Gasteiger partial charge on any atom is -0.274 e. The van der Waals surface area contributed by atoms with Crippen LogP contribution in [0.5, 0.6) is 0 Å². The monoisotopic (exact) mass is 435 g/mol. The van der Waals surface area contributed by atoms with E-state index in [2.05, 4.69) is 19.8 Å². The minimum atomic E-state index is -4.03. The molecule has 2 heterocycles. The SMILES string of the molecule is CC(C)c1ccccc1-c1cc(S(C)(=O)=O)nc(NS(=O)(=O)c2cnn(C)c2)n1. The van der Waals surface area contributed by atoms with Crippen molar-refractivity contribution in [2.75, 3.05) is 11.0 Å². The molecule has 0 saturated carbocycles. The first kappa shape index (κ1) is 20.9. The van der Waals surface area contributed by atoms with Gasteiger partial charge in [-0.25, -0.2) is 31.5 Å². The van der Waals surface area contributed by atoms with Crippen molar-refractivity contribution in [3.8, 4) is 11.3 Å². The maximum atomic E-state index is 12.6. The van der Waals surface area contributed by atoms with Gasteiger partial charge in [0.1, 0.15) is 4.90 Å². The van der Waals surface area contributed by atoms with Crippen LogP contribution in [-0.2, 0) is 26.9 Å². The summed E-state index contributed by atoms with van der Waals surface area (Å²) in [6, 6.07) is 8.76. The number of nitrogens with one attached hydrogen (secondary N) is 1. The minimum absolute atomic E-state index is 0.0857. The van der Waals surface area contributed by atoms with Gasteiger partial charge in [-0.2, -0.15) is 5.10 Å². The Hall–Kier alpha value is -2.79. The van der Waals surface area contributed by atoms with E-state index in [1.54, 1.807) is 7.05 Å². The highest BCUT2D eigenvalue weighted by atomic mass is 32.2. The van der Waals surface area contributed by atoms with Crippen LogP contribution in [0.4, 0.5) is 5.95 Å². The van der Waals surface area contributed by atoms with E-state index >= 15 is 0 Å². The van der Waals surface area contributed by atoms with E-state index in [4.69, 9.17) is 0 Å². The molecule has 0 atom stereocenters. The van der Waals surface area contributed by atoms with E-state index in [0.717, 1.165) is 11.8 Å². The molecule has 0 spiro atoms. The van der Waals surface area contributed by atoms with Crippen molar-refractivity contribution in [3.05, 3.63) is 48.3 Å². The molecule has 0 saturated heterocycles. The molecule has 1 aromatic carbocycles. The first-order valence-electron chi connectivity index (χ1n) is 8.67. The second-order valence-electron chi connectivity index (χ2n) is 6.88. The molecule has 9 nitrogen and oxygen atoms in total. The molecule has 0 aliphatic heterocycles. The Balaban J connectivity index is 2.16. The number of benzene rings is 1. The lowest BCUT2D eigenvalue weighted by atomic mass is 9.95. The van der Waals surface area contributed by atoms with E-state index < -0.39 is 19.9 Å². The Morgan fingerprint density at radius 1 is 1.07 bits per heavy atom. The van der Waals surface area contributed by atoms with E-state index in [1.807, 2.05) is 38.1 Å². The first-order chi connectivity index (χ1) is 13.5. The maximum absolute atomic E-state index is 12.6. The summed E-state index contributed by atoms with van der Waals surface area (Å²) in [7, 11) is -6.16. The van der Waals surface area contributed by atoms with Crippen LogP contribution in [0.2, 0.25) is 0 Å². The first-order valence-corrected chi connectivity index (χ1v) is 12.0. The molecule has 0 amide bonds. The van der Waals surface area contributed by atoms with E-state index in [0.29, 0.717) is 11.3 Å². The number of aromatic nitrogens is 4. The third kappa shape index (κ3) is 4.62. The number of hydrogen-bond acceptors (Lipinski definition) is 7. The summed E-state index contributed by atoms with van der Waals surface area (Å²) in [6.45, 7) is 4.01. The average Bonchev–Trinajstić information content (AvgIpc) is 3.08. The molecule has 0 aliphatic rings. The standard InChI is InChI=1S/C18H21N5O4S2/c1-12(2)14-7-5-6-8-15(14)16-9-17(28(4,24)25)21-18(20-16)22-29(26,27)13-10-19-23(3)11-13/h5-12H,1-4H3,(H,20,21,22). The van der Waals surface area contributed by atoms with Crippen molar-refractivity contribution in [2.24, 2.45) is 7.05 Å². The molecule has 0 radical (unpaired) electrons. The number of anilines is 1. The zero-order valence-corrected chi connectivity index (χ0v) is 18.0. The fraction of sp³-hybridized carbons (Fsp3) is 0.278. The number of nitrogens with zero attached hydrogens (tertiary/aromatic N) is 4. The van der Waals surface area contributed by atoms with Gasteiger partial charge in [0.05, 0.1) is 11.9 Å². The van der Waals surface area contributed by atoms with Gasteiger partial charge in [-0.1, -0.05) is 38.1 Å². The van der Waals surface area contributed by atoms with Gasteiger partial charge in [-0.05, 0) is 11.5 Å². The molecule has 0 fully saturated rings. The van der Waals surface area contributed by atoms with Crippen LogP contribution >= 0.6 is 0 Å². The fourth-order valence-electron chi connectivity index (χ4n) is 2.75. The highest BCUT2D eigenvalue weighted by Crippen LogP contribution is 2.30. The molecule has 3 aromatic rings. The molecule has 11 heteroatoms. The van der Waals surface area contributed by atoms with Crippen molar-refractivity contribution in [1.82, 2.24) is 19.7 Å². The predicted molar refractivity (Wildman–Crippen MR) is 109 cm³/mol. The molecule has 29 heavy (non-hydrogen) atoms. The fourth-order valence-corrected chi connectivity index (χ4v) is 4.25. The summed E-state index contributed by atoms with van der Waals surface area (Å²) in [4.78, 5) is 8.10. The van der Waals surface area contributed by atoms with Crippen molar-refractivity contribution in [1.29, 1.82) is 0 Å². The third-order valence-corrected chi connectivity index (χ3v) is 6.41. The summed E-state index contributed by atoms with van der Waals surface area (Å²) >= 11 is 0.